The summed E-state index contributed by atoms with van der Waals surface area (Å²) >= 11 is 0. The summed E-state index contributed by atoms with van der Waals surface area (Å²) in [6.45, 7) is 10.4. The standard InChI is InChI=1S/C21H38N4O5/c1-6-14(2)18(19(28)23-15(20(29)30)9-10-21(3,4)5)24-17(27)12-25(13-26)16-8-7-11-22-16/h13-16,18,22H,6-12H2,1-5H3,(H,23,28)(H,24,27)(H,29,30)/t14-,15-,16-,18-/m0/s1. The molecule has 30 heavy (non-hydrogen) atoms. The molecule has 0 saturated carbocycles. The first-order valence-corrected chi connectivity index (χ1v) is 10.8. The van der Waals surface area contributed by atoms with Crippen LogP contribution in [0.15, 0.2) is 0 Å². The number of nitrogens with one attached hydrogen (secondary N) is 3. The van der Waals surface area contributed by atoms with E-state index in [1.165, 1.54) is 4.90 Å². The minimum atomic E-state index is -1.10. The quantitative estimate of drug-likeness (QED) is 0.346. The van der Waals surface area contributed by atoms with Crippen molar-refractivity contribution in [2.24, 2.45) is 11.3 Å². The van der Waals surface area contributed by atoms with Gasteiger partial charge < -0.3 is 20.6 Å². The maximum absolute atomic E-state index is 12.8. The van der Waals surface area contributed by atoms with Gasteiger partial charge in [0, 0.05) is 0 Å². The van der Waals surface area contributed by atoms with Crippen molar-refractivity contribution in [3.05, 3.63) is 0 Å². The van der Waals surface area contributed by atoms with Crippen LogP contribution in [0, 0.1) is 11.3 Å². The highest BCUT2D eigenvalue weighted by Gasteiger charge is 2.31. The number of hydrogen-bond acceptors (Lipinski definition) is 5. The van der Waals surface area contributed by atoms with Crippen molar-refractivity contribution >= 4 is 24.2 Å². The Balaban J connectivity index is 2.78. The summed E-state index contributed by atoms with van der Waals surface area (Å²) in [5.41, 5.74) is -0.0602. The van der Waals surface area contributed by atoms with Crippen LogP contribution >= 0.6 is 0 Å². The maximum atomic E-state index is 12.8. The number of carbonyl (C=O) groups is 4. The van der Waals surface area contributed by atoms with Gasteiger partial charge in [-0.25, -0.2) is 4.79 Å². The lowest BCUT2D eigenvalue weighted by Crippen LogP contribution is -2.56. The molecule has 0 aromatic heterocycles. The molecule has 1 aliphatic rings. The molecule has 0 radical (unpaired) electrons. The zero-order chi connectivity index (χ0) is 22.9. The molecule has 0 aromatic carbocycles. The molecule has 4 N–H and O–H groups in total. The molecule has 172 valence electrons. The van der Waals surface area contributed by atoms with E-state index in [9.17, 15) is 24.3 Å². The highest BCUT2D eigenvalue weighted by Crippen LogP contribution is 2.22. The van der Waals surface area contributed by atoms with E-state index in [-0.39, 0.29) is 24.0 Å². The van der Waals surface area contributed by atoms with Gasteiger partial charge in [-0.1, -0.05) is 41.0 Å². The molecule has 0 aliphatic carbocycles. The fraction of sp³-hybridized carbons (Fsp3) is 0.810. The summed E-state index contributed by atoms with van der Waals surface area (Å²) < 4.78 is 0. The van der Waals surface area contributed by atoms with Crippen LogP contribution in [0.1, 0.15) is 66.7 Å². The number of amides is 3. The Morgan fingerprint density at radius 2 is 1.93 bits per heavy atom. The summed E-state index contributed by atoms with van der Waals surface area (Å²) in [5.74, 6) is -2.25. The lowest BCUT2D eigenvalue weighted by Gasteiger charge is -2.28. The lowest BCUT2D eigenvalue weighted by atomic mass is 9.88. The molecular weight excluding hydrogens is 388 g/mol. The highest BCUT2D eigenvalue weighted by molar-refractivity contribution is 5.91. The van der Waals surface area contributed by atoms with Crippen LogP contribution < -0.4 is 16.0 Å². The van der Waals surface area contributed by atoms with E-state index < -0.39 is 29.9 Å². The minimum Gasteiger partial charge on any atom is -0.480 e. The molecule has 1 rings (SSSR count). The first-order chi connectivity index (χ1) is 14.0. The highest BCUT2D eigenvalue weighted by atomic mass is 16.4. The van der Waals surface area contributed by atoms with Gasteiger partial charge in [-0.3, -0.25) is 19.7 Å². The molecule has 0 aromatic rings. The number of carbonyl (C=O) groups excluding carboxylic acids is 3. The molecular formula is C21H38N4O5. The van der Waals surface area contributed by atoms with Gasteiger partial charge >= 0.3 is 5.97 Å². The molecule has 9 nitrogen and oxygen atoms in total. The molecule has 4 atom stereocenters. The Hall–Kier alpha value is -2.16. The monoisotopic (exact) mass is 426 g/mol. The van der Waals surface area contributed by atoms with Crippen LogP contribution in [0.4, 0.5) is 0 Å². The van der Waals surface area contributed by atoms with Crippen LogP contribution in [0.5, 0.6) is 0 Å². The van der Waals surface area contributed by atoms with Crippen molar-refractivity contribution in [1.82, 2.24) is 20.9 Å². The predicted octanol–water partition coefficient (Wildman–Crippen LogP) is 1.08. The SMILES string of the molecule is CC[C@H](C)[C@H](NC(=O)CN(C=O)[C@H]1CCCN1)C(=O)N[C@@H](CCC(C)(C)C)C(=O)O. The maximum Gasteiger partial charge on any atom is 0.326 e. The predicted molar refractivity (Wildman–Crippen MR) is 113 cm³/mol. The average Bonchev–Trinajstić information content (AvgIpc) is 3.20. The largest absolute Gasteiger partial charge is 0.480 e. The number of rotatable bonds is 12. The van der Waals surface area contributed by atoms with Crippen molar-refractivity contribution < 1.29 is 24.3 Å². The van der Waals surface area contributed by atoms with Crippen molar-refractivity contribution in [2.45, 2.75) is 85.0 Å². The molecule has 0 unspecified atom stereocenters. The summed E-state index contributed by atoms with van der Waals surface area (Å²) in [7, 11) is 0. The van der Waals surface area contributed by atoms with Crippen molar-refractivity contribution in [3.63, 3.8) is 0 Å². The van der Waals surface area contributed by atoms with Crippen LogP contribution in [0.2, 0.25) is 0 Å². The third-order valence-electron chi connectivity index (χ3n) is 5.51. The first-order valence-electron chi connectivity index (χ1n) is 10.8. The third kappa shape index (κ3) is 8.69. The minimum absolute atomic E-state index is 0.0602. The lowest BCUT2D eigenvalue weighted by molar-refractivity contribution is -0.143. The fourth-order valence-electron chi connectivity index (χ4n) is 3.35. The molecule has 3 amide bonds. The van der Waals surface area contributed by atoms with Crippen LogP contribution in [-0.2, 0) is 19.2 Å². The van der Waals surface area contributed by atoms with E-state index in [2.05, 4.69) is 16.0 Å². The Morgan fingerprint density at radius 3 is 2.40 bits per heavy atom. The zero-order valence-electron chi connectivity index (χ0n) is 18.9. The van der Waals surface area contributed by atoms with Gasteiger partial charge in [0.1, 0.15) is 18.6 Å². The van der Waals surface area contributed by atoms with Gasteiger partial charge in [0.25, 0.3) is 0 Å². The van der Waals surface area contributed by atoms with Gasteiger partial charge in [-0.15, -0.1) is 0 Å². The smallest absolute Gasteiger partial charge is 0.326 e. The molecule has 1 fully saturated rings. The van der Waals surface area contributed by atoms with Crippen LogP contribution in [0.3, 0.4) is 0 Å². The summed E-state index contributed by atoms with van der Waals surface area (Å²) in [6, 6.07) is -1.89. The molecule has 0 spiro atoms. The molecule has 1 aliphatic heterocycles. The summed E-state index contributed by atoms with van der Waals surface area (Å²) in [4.78, 5) is 49.8. The second-order valence-corrected chi connectivity index (χ2v) is 9.32. The van der Waals surface area contributed by atoms with Gasteiger partial charge in [0.05, 0.1) is 6.17 Å². The normalized spacial score (nSPS) is 19.4. The van der Waals surface area contributed by atoms with Crippen molar-refractivity contribution in [2.75, 3.05) is 13.1 Å². The van der Waals surface area contributed by atoms with Crippen LogP contribution in [-0.4, -0.2) is 65.5 Å². The number of hydrogen-bond donors (Lipinski definition) is 4. The first kappa shape index (κ1) is 25.9. The van der Waals surface area contributed by atoms with E-state index in [4.69, 9.17) is 0 Å². The molecule has 1 saturated heterocycles. The Labute approximate surface area is 179 Å². The molecule has 1 heterocycles. The second-order valence-electron chi connectivity index (χ2n) is 9.32. The van der Waals surface area contributed by atoms with Gasteiger partial charge in [0.15, 0.2) is 0 Å². The van der Waals surface area contributed by atoms with Crippen molar-refractivity contribution in [3.8, 4) is 0 Å². The fourth-order valence-corrected chi connectivity index (χ4v) is 3.35. The van der Waals surface area contributed by atoms with Crippen LogP contribution in [0.25, 0.3) is 0 Å². The number of nitrogens with zero attached hydrogens (tertiary/aromatic N) is 1. The average molecular weight is 427 g/mol. The van der Waals surface area contributed by atoms with Gasteiger partial charge in [-0.2, -0.15) is 0 Å². The number of carboxylic acid groups (broad SMARTS) is 1. The van der Waals surface area contributed by atoms with E-state index in [1.807, 2.05) is 34.6 Å². The van der Waals surface area contributed by atoms with E-state index >= 15 is 0 Å². The van der Waals surface area contributed by atoms with Gasteiger partial charge in [-0.05, 0) is 43.6 Å². The number of carboxylic acids is 1. The molecule has 0 bridgehead atoms. The Morgan fingerprint density at radius 1 is 1.27 bits per heavy atom. The topological polar surface area (TPSA) is 128 Å². The van der Waals surface area contributed by atoms with Gasteiger partial charge in [0.2, 0.25) is 18.2 Å². The van der Waals surface area contributed by atoms with E-state index in [0.717, 1.165) is 19.4 Å². The Kier molecular flexibility index (Phi) is 10.2. The summed E-state index contributed by atoms with van der Waals surface area (Å²) in [6.07, 6.45) is 3.71. The van der Waals surface area contributed by atoms with E-state index in [0.29, 0.717) is 25.7 Å². The van der Waals surface area contributed by atoms with E-state index in [1.54, 1.807) is 0 Å². The molecule has 9 heteroatoms. The number of aliphatic carboxylic acids is 1. The summed E-state index contributed by atoms with van der Waals surface area (Å²) in [5, 5.41) is 17.9. The Bertz CT molecular complexity index is 599. The van der Waals surface area contributed by atoms with Crippen molar-refractivity contribution in [1.29, 1.82) is 0 Å². The third-order valence-corrected chi connectivity index (χ3v) is 5.51. The second kappa shape index (κ2) is 11.9. The zero-order valence-corrected chi connectivity index (χ0v) is 18.9.